The molecule has 2 aromatic heterocycles. The summed E-state index contributed by atoms with van der Waals surface area (Å²) in [7, 11) is 3.26. The van der Waals surface area contributed by atoms with Crippen molar-refractivity contribution in [3.63, 3.8) is 0 Å². The summed E-state index contributed by atoms with van der Waals surface area (Å²) in [5.74, 6) is 0. The van der Waals surface area contributed by atoms with Crippen molar-refractivity contribution in [1.29, 1.82) is 0 Å². The van der Waals surface area contributed by atoms with Crippen LogP contribution < -0.4 is 11.2 Å². The van der Waals surface area contributed by atoms with Crippen molar-refractivity contribution in [3.8, 4) is 11.3 Å². The van der Waals surface area contributed by atoms with Crippen molar-refractivity contribution in [2.45, 2.75) is 32.4 Å². The Kier molecular flexibility index (Phi) is 5.21. The molecular formula is C28H29N3O3. The number of fused-ring (bicyclic) bond motifs is 3. The Hall–Kier alpha value is -3.64. The monoisotopic (exact) mass is 455 g/mol. The van der Waals surface area contributed by atoms with Crippen LogP contribution in [-0.4, -0.2) is 20.3 Å². The predicted molar refractivity (Wildman–Crippen MR) is 136 cm³/mol. The molecule has 0 fully saturated rings. The Morgan fingerprint density at radius 1 is 1.00 bits per heavy atom. The topological polar surface area (TPSA) is 58.2 Å². The van der Waals surface area contributed by atoms with Crippen LogP contribution in [0.3, 0.4) is 0 Å². The Morgan fingerprint density at radius 3 is 2.44 bits per heavy atom. The van der Waals surface area contributed by atoms with Crippen LogP contribution in [0.5, 0.6) is 0 Å². The van der Waals surface area contributed by atoms with Crippen LogP contribution in [0.2, 0.25) is 0 Å². The largest absolute Gasteiger partial charge is 0.365 e. The fraction of sp³-hybridized carbons (Fsp3) is 0.286. The van der Waals surface area contributed by atoms with Crippen molar-refractivity contribution >= 4 is 17.0 Å². The van der Waals surface area contributed by atoms with Gasteiger partial charge in [-0.2, -0.15) is 0 Å². The molecule has 0 N–H and O–H groups in total. The highest BCUT2D eigenvalue weighted by atomic mass is 16.5. The van der Waals surface area contributed by atoms with Crippen LogP contribution in [0.1, 0.15) is 36.8 Å². The lowest BCUT2D eigenvalue weighted by atomic mass is 10.00. The van der Waals surface area contributed by atoms with Gasteiger partial charge in [0, 0.05) is 14.1 Å². The van der Waals surface area contributed by atoms with E-state index >= 15 is 0 Å². The predicted octanol–water partition coefficient (Wildman–Crippen LogP) is 4.53. The van der Waals surface area contributed by atoms with Gasteiger partial charge in [0.1, 0.15) is 6.10 Å². The van der Waals surface area contributed by atoms with Gasteiger partial charge in [-0.05, 0) is 44.0 Å². The molecule has 0 saturated heterocycles. The van der Waals surface area contributed by atoms with Gasteiger partial charge in [-0.25, -0.2) is 4.79 Å². The summed E-state index contributed by atoms with van der Waals surface area (Å²) < 4.78 is 11.3. The molecule has 2 aromatic carbocycles. The number of benzene rings is 2. The molecule has 4 aromatic rings. The summed E-state index contributed by atoms with van der Waals surface area (Å²) in [4.78, 5) is 26.6. The lowest BCUT2D eigenvalue weighted by molar-refractivity contribution is -0.00302. The van der Waals surface area contributed by atoms with E-state index in [2.05, 4.69) is 24.5 Å². The maximum atomic E-state index is 13.6. The molecule has 1 atom stereocenters. The van der Waals surface area contributed by atoms with Gasteiger partial charge < -0.3 is 9.30 Å². The Bertz CT molecular complexity index is 1550. The molecule has 174 valence electrons. The van der Waals surface area contributed by atoms with E-state index < -0.39 is 11.6 Å². The van der Waals surface area contributed by atoms with E-state index in [4.69, 9.17) is 4.74 Å². The molecule has 1 aliphatic rings. The van der Waals surface area contributed by atoms with Crippen LogP contribution in [0, 0.1) is 6.92 Å². The van der Waals surface area contributed by atoms with Gasteiger partial charge in [0.05, 0.1) is 34.4 Å². The van der Waals surface area contributed by atoms with Crippen molar-refractivity contribution in [1.82, 2.24) is 13.7 Å². The number of hydrogen-bond donors (Lipinski definition) is 0. The van der Waals surface area contributed by atoms with Gasteiger partial charge in [-0.1, -0.05) is 60.2 Å². The summed E-state index contributed by atoms with van der Waals surface area (Å²) in [6.45, 7) is 6.72. The molecule has 0 unspecified atom stereocenters. The SMILES string of the molecule is Cc1cccc(-c2c3c(=O)n(C)c(=O)n(C)c3c3n2C(C)(C)CO[C@H]3/C=C/c2ccccc2)c1. The molecule has 6 nitrogen and oxygen atoms in total. The maximum Gasteiger partial charge on any atom is 0.331 e. The smallest absolute Gasteiger partial charge is 0.331 e. The first kappa shape index (κ1) is 22.2. The van der Waals surface area contributed by atoms with Crippen LogP contribution in [0.25, 0.3) is 28.2 Å². The van der Waals surface area contributed by atoms with Crippen LogP contribution >= 0.6 is 0 Å². The molecule has 0 aliphatic carbocycles. The third-order valence-corrected chi connectivity index (χ3v) is 6.65. The fourth-order valence-electron chi connectivity index (χ4n) is 5.00. The molecule has 6 heteroatoms. The number of hydrogen-bond acceptors (Lipinski definition) is 3. The number of aromatic nitrogens is 3. The third-order valence-electron chi connectivity index (χ3n) is 6.65. The maximum absolute atomic E-state index is 13.6. The molecule has 34 heavy (non-hydrogen) atoms. The zero-order chi connectivity index (χ0) is 24.2. The van der Waals surface area contributed by atoms with E-state index in [0.717, 1.165) is 28.1 Å². The molecule has 0 saturated carbocycles. The minimum absolute atomic E-state index is 0.293. The second-order valence-corrected chi connectivity index (χ2v) is 9.68. The highest BCUT2D eigenvalue weighted by Crippen LogP contribution is 2.44. The van der Waals surface area contributed by atoms with E-state index in [9.17, 15) is 9.59 Å². The average Bonchev–Trinajstić information content (AvgIpc) is 3.19. The summed E-state index contributed by atoms with van der Waals surface area (Å²) in [6.07, 6.45) is 3.63. The first-order valence-electron chi connectivity index (χ1n) is 11.5. The van der Waals surface area contributed by atoms with Crippen molar-refractivity contribution in [2.24, 2.45) is 14.1 Å². The summed E-state index contributed by atoms with van der Waals surface area (Å²) in [6, 6.07) is 18.2. The van der Waals surface area contributed by atoms with E-state index in [1.54, 1.807) is 11.6 Å². The quantitative estimate of drug-likeness (QED) is 0.456. The average molecular weight is 456 g/mol. The second kappa shape index (κ2) is 7.99. The van der Waals surface area contributed by atoms with Crippen molar-refractivity contribution < 1.29 is 4.74 Å². The van der Waals surface area contributed by atoms with Crippen molar-refractivity contribution in [2.75, 3.05) is 6.61 Å². The third kappa shape index (κ3) is 3.37. The van der Waals surface area contributed by atoms with E-state index in [1.807, 2.05) is 67.6 Å². The molecule has 0 amide bonds. The molecule has 3 heterocycles. The van der Waals surface area contributed by atoms with Crippen LogP contribution in [-0.2, 0) is 24.4 Å². The highest BCUT2D eigenvalue weighted by molar-refractivity contribution is 5.96. The molecule has 0 spiro atoms. The number of ether oxygens (including phenoxy) is 1. The minimum Gasteiger partial charge on any atom is -0.365 e. The number of nitrogens with zero attached hydrogens (tertiary/aromatic N) is 3. The lowest BCUT2D eigenvalue weighted by Gasteiger charge is -2.38. The lowest BCUT2D eigenvalue weighted by Crippen LogP contribution is -2.39. The Labute approximate surface area is 198 Å². The molecule has 1 aliphatic heterocycles. The second-order valence-electron chi connectivity index (χ2n) is 9.68. The van der Waals surface area contributed by atoms with Gasteiger partial charge in [0.15, 0.2) is 0 Å². The minimum atomic E-state index is -0.425. The van der Waals surface area contributed by atoms with E-state index in [0.29, 0.717) is 17.5 Å². The van der Waals surface area contributed by atoms with E-state index in [1.165, 1.54) is 11.6 Å². The normalized spacial score (nSPS) is 17.4. The first-order chi connectivity index (χ1) is 16.2. The van der Waals surface area contributed by atoms with Gasteiger partial charge in [0.2, 0.25) is 0 Å². The number of aryl methyl sites for hydroxylation is 2. The van der Waals surface area contributed by atoms with Gasteiger partial charge >= 0.3 is 5.69 Å². The van der Waals surface area contributed by atoms with E-state index in [-0.39, 0.29) is 11.2 Å². The zero-order valence-corrected chi connectivity index (χ0v) is 20.2. The molecule has 5 rings (SSSR count). The number of rotatable bonds is 3. The highest BCUT2D eigenvalue weighted by Gasteiger charge is 2.39. The molecule has 0 radical (unpaired) electrons. The zero-order valence-electron chi connectivity index (χ0n) is 20.2. The van der Waals surface area contributed by atoms with Crippen LogP contribution in [0.15, 0.2) is 70.3 Å². The van der Waals surface area contributed by atoms with Gasteiger partial charge in [-0.3, -0.25) is 13.9 Å². The van der Waals surface area contributed by atoms with Gasteiger partial charge in [0.25, 0.3) is 5.56 Å². The standard InChI is InChI=1S/C28H29N3O3/c1-18-10-9-13-20(16-18)23-22-25(29(4)27(33)30(5)26(22)32)24-21(34-17-28(2,3)31(23)24)15-14-19-11-7-6-8-12-19/h6-16,21H,17H2,1-5H3/b15-14+/t21-/m0/s1. The molecular weight excluding hydrogens is 426 g/mol. The van der Waals surface area contributed by atoms with Crippen molar-refractivity contribution in [3.05, 3.63) is 98.3 Å². The Morgan fingerprint density at radius 2 is 1.74 bits per heavy atom. The first-order valence-corrected chi connectivity index (χ1v) is 11.5. The fourth-order valence-corrected chi connectivity index (χ4v) is 5.00. The summed E-state index contributed by atoms with van der Waals surface area (Å²) in [5, 5.41) is 0.543. The Balaban J connectivity index is 1.91. The summed E-state index contributed by atoms with van der Waals surface area (Å²) in [5.41, 5.74) is 4.33. The molecule has 0 bridgehead atoms. The van der Waals surface area contributed by atoms with Crippen LogP contribution in [0.4, 0.5) is 0 Å². The summed E-state index contributed by atoms with van der Waals surface area (Å²) >= 11 is 0. The van der Waals surface area contributed by atoms with Gasteiger partial charge in [-0.15, -0.1) is 0 Å².